The molecule has 0 aliphatic heterocycles. The normalized spacial score (nSPS) is 51.6. The molecule has 0 radical (unpaired) electrons. The van der Waals surface area contributed by atoms with Gasteiger partial charge in [-0.2, -0.15) is 0 Å². The van der Waals surface area contributed by atoms with E-state index in [1.165, 1.54) is 5.57 Å². The van der Waals surface area contributed by atoms with Gasteiger partial charge in [0.05, 0.1) is 0 Å². The van der Waals surface area contributed by atoms with Gasteiger partial charge in [-0.1, -0.05) is 47.1 Å². The molecule has 0 saturated heterocycles. The van der Waals surface area contributed by atoms with Crippen LogP contribution in [-0.2, 0) is 4.79 Å². The quantitative estimate of drug-likeness (QED) is 0.277. The van der Waals surface area contributed by atoms with E-state index in [0.717, 1.165) is 44.9 Å². The first-order chi connectivity index (χ1) is 11.8. The number of hydrogen-bond donors (Lipinski definition) is 1. The average molecular weight is 450 g/mol. The van der Waals surface area contributed by atoms with Crippen molar-refractivity contribution < 1.29 is 9.90 Å². The zero-order chi connectivity index (χ0) is 18.0. The van der Waals surface area contributed by atoms with E-state index in [1.807, 2.05) is 12.2 Å². The van der Waals surface area contributed by atoms with E-state index in [0.29, 0.717) is 23.7 Å². The van der Waals surface area contributed by atoms with Crippen LogP contribution in [0.2, 0.25) is 0 Å². The van der Waals surface area contributed by atoms with E-state index in [9.17, 15) is 9.90 Å². The Morgan fingerprint density at radius 3 is 2.80 bits per heavy atom. The molecule has 134 valence electrons. The highest BCUT2D eigenvalue weighted by Gasteiger charge is 2.62. The van der Waals surface area contributed by atoms with Crippen molar-refractivity contribution in [3.8, 4) is 12.3 Å². The monoisotopic (exact) mass is 450 g/mol. The molecule has 7 atom stereocenters. The minimum Gasteiger partial charge on any atom is -0.377 e. The lowest BCUT2D eigenvalue weighted by atomic mass is 9.50. The number of rotatable bonds is 1. The van der Waals surface area contributed by atoms with Crippen LogP contribution in [0, 0.1) is 41.4 Å². The molecule has 0 spiro atoms. The van der Waals surface area contributed by atoms with Crippen molar-refractivity contribution >= 4 is 28.4 Å². The van der Waals surface area contributed by atoms with E-state index in [2.05, 4.69) is 42.0 Å². The molecule has 4 rings (SSSR count). The van der Waals surface area contributed by atoms with Gasteiger partial charge < -0.3 is 5.11 Å². The molecule has 3 saturated carbocycles. The molecule has 0 bridgehead atoms. The van der Waals surface area contributed by atoms with E-state index < -0.39 is 9.02 Å². The highest BCUT2D eigenvalue weighted by molar-refractivity contribution is 14.1. The first kappa shape index (κ1) is 17.8. The summed E-state index contributed by atoms with van der Waals surface area (Å²) in [6.07, 6.45) is 16.5. The third-order valence-electron chi connectivity index (χ3n) is 8.21. The summed E-state index contributed by atoms with van der Waals surface area (Å²) in [5, 5.41) is 11.0. The predicted octanol–water partition coefficient (Wildman–Crippen LogP) is 4.46. The number of terminal acetylenes is 1. The number of carbonyl (C=O) groups is 1. The zero-order valence-electron chi connectivity index (χ0n) is 14.9. The summed E-state index contributed by atoms with van der Waals surface area (Å²) in [5.41, 5.74) is 0.290. The Hall–Kier alpha value is -0.600. The van der Waals surface area contributed by atoms with Crippen LogP contribution in [-0.4, -0.2) is 19.9 Å². The number of allylic oxidation sites excluding steroid dienone is 2. The van der Waals surface area contributed by atoms with Crippen LogP contribution < -0.4 is 0 Å². The molecule has 3 fully saturated rings. The van der Waals surface area contributed by atoms with Gasteiger partial charge in [0, 0.05) is 5.41 Å². The SMILES string of the molecule is C#C[C@]1(O)CC[C@H]2[C@@H]3CCC4=CC(=O)C(I)(C=C)C[C@@H]4[C@H]3CC[C@@]21C. The summed E-state index contributed by atoms with van der Waals surface area (Å²) in [7, 11) is 0. The van der Waals surface area contributed by atoms with Gasteiger partial charge in [0.1, 0.15) is 9.02 Å². The Bertz CT molecular complexity index is 703. The van der Waals surface area contributed by atoms with Crippen LogP contribution in [0.4, 0.5) is 0 Å². The number of hydrogen-bond acceptors (Lipinski definition) is 2. The van der Waals surface area contributed by atoms with Gasteiger partial charge in [-0.3, -0.25) is 4.79 Å². The lowest BCUT2D eigenvalue weighted by Gasteiger charge is -2.55. The van der Waals surface area contributed by atoms with Gasteiger partial charge in [-0.15, -0.1) is 13.0 Å². The van der Waals surface area contributed by atoms with Crippen LogP contribution >= 0.6 is 22.6 Å². The summed E-state index contributed by atoms with van der Waals surface area (Å²) in [6, 6.07) is 0. The molecule has 0 aromatic carbocycles. The van der Waals surface area contributed by atoms with Crippen molar-refractivity contribution in [1.82, 2.24) is 0 Å². The summed E-state index contributed by atoms with van der Waals surface area (Å²) in [4.78, 5) is 12.5. The van der Waals surface area contributed by atoms with Crippen molar-refractivity contribution in [3.05, 3.63) is 24.3 Å². The maximum absolute atomic E-state index is 12.5. The van der Waals surface area contributed by atoms with E-state index in [-0.39, 0.29) is 11.2 Å². The molecule has 25 heavy (non-hydrogen) atoms. The van der Waals surface area contributed by atoms with E-state index >= 15 is 0 Å². The van der Waals surface area contributed by atoms with Crippen molar-refractivity contribution in [1.29, 1.82) is 0 Å². The second-order valence-corrected chi connectivity index (χ2v) is 10.9. The molecule has 0 aromatic rings. The summed E-state index contributed by atoms with van der Waals surface area (Å²) in [6.45, 7) is 6.15. The Morgan fingerprint density at radius 1 is 1.36 bits per heavy atom. The lowest BCUT2D eigenvalue weighted by molar-refractivity contribution is -0.117. The minimum atomic E-state index is -0.935. The van der Waals surface area contributed by atoms with Crippen LogP contribution in [0.1, 0.15) is 51.9 Å². The fraction of sp³-hybridized carbons (Fsp3) is 0.682. The van der Waals surface area contributed by atoms with Crippen molar-refractivity contribution in [3.63, 3.8) is 0 Å². The molecule has 0 heterocycles. The standard InChI is InChI=1S/C22H27IO2/c1-4-21(23)13-17-14(12-19(21)24)6-7-16-15(17)8-10-20(3)18(16)9-11-22(20,25)5-2/h2,4,12,15-18,25H,1,6-11,13H2,3H3/t15-,16+,17-,18-,20-,21?,22-/m0/s1. The maximum atomic E-state index is 12.5. The van der Waals surface area contributed by atoms with Gasteiger partial charge >= 0.3 is 0 Å². The molecule has 0 amide bonds. The van der Waals surface area contributed by atoms with Crippen LogP contribution in [0.25, 0.3) is 0 Å². The topological polar surface area (TPSA) is 37.3 Å². The largest absolute Gasteiger partial charge is 0.377 e. The fourth-order valence-corrected chi connectivity index (χ4v) is 7.26. The van der Waals surface area contributed by atoms with Gasteiger partial charge in [0.2, 0.25) is 0 Å². The third kappa shape index (κ3) is 2.29. The highest BCUT2D eigenvalue weighted by Crippen LogP contribution is 2.65. The molecule has 1 unspecified atom stereocenters. The number of ketones is 1. The van der Waals surface area contributed by atoms with Crippen molar-refractivity contribution in [2.75, 3.05) is 0 Å². The molecular formula is C22H27IO2. The van der Waals surface area contributed by atoms with Gasteiger partial charge in [0.25, 0.3) is 0 Å². The Balaban J connectivity index is 1.67. The number of aliphatic hydroxyl groups is 1. The number of halogens is 1. The van der Waals surface area contributed by atoms with Gasteiger partial charge in [-0.25, -0.2) is 0 Å². The zero-order valence-corrected chi connectivity index (χ0v) is 17.1. The molecule has 4 aliphatic rings. The van der Waals surface area contributed by atoms with E-state index in [4.69, 9.17) is 6.42 Å². The first-order valence-corrected chi connectivity index (χ1v) is 10.6. The number of alkyl halides is 1. The Morgan fingerprint density at radius 2 is 2.12 bits per heavy atom. The van der Waals surface area contributed by atoms with Crippen LogP contribution in [0.3, 0.4) is 0 Å². The highest BCUT2D eigenvalue weighted by atomic mass is 127. The van der Waals surface area contributed by atoms with Crippen molar-refractivity contribution in [2.45, 2.75) is 60.9 Å². The fourth-order valence-electron chi connectivity index (χ4n) is 6.63. The minimum absolute atomic E-state index is 0.144. The predicted molar refractivity (Wildman–Crippen MR) is 108 cm³/mol. The van der Waals surface area contributed by atoms with Crippen LogP contribution in [0.15, 0.2) is 24.3 Å². The Kier molecular flexibility index (Phi) is 4.05. The second kappa shape index (κ2) is 5.70. The summed E-state index contributed by atoms with van der Waals surface area (Å²) >= 11 is 2.30. The van der Waals surface area contributed by atoms with Crippen LogP contribution in [0.5, 0.6) is 0 Å². The molecule has 1 N–H and O–H groups in total. The number of fused-ring (bicyclic) bond motifs is 5. The molecule has 4 aliphatic carbocycles. The van der Waals surface area contributed by atoms with Gasteiger partial charge in [0.15, 0.2) is 5.78 Å². The molecule has 3 heteroatoms. The number of carbonyl (C=O) groups excluding carboxylic acids is 1. The first-order valence-electron chi connectivity index (χ1n) is 9.55. The third-order valence-corrected chi connectivity index (χ3v) is 9.62. The summed E-state index contributed by atoms with van der Waals surface area (Å²) < 4.78 is -0.441. The van der Waals surface area contributed by atoms with E-state index in [1.54, 1.807) is 0 Å². The lowest BCUT2D eigenvalue weighted by Crippen LogP contribution is -2.53. The smallest absolute Gasteiger partial charge is 0.175 e. The summed E-state index contributed by atoms with van der Waals surface area (Å²) in [5.74, 6) is 5.22. The molecule has 2 nitrogen and oxygen atoms in total. The molecule has 0 aromatic heterocycles. The molecular weight excluding hydrogens is 423 g/mol. The van der Waals surface area contributed by atoms with Crippen molar-refractivity contribution in [2.24, 2.45) is 29.1 Å². The Labute approximate surface area is 164 Å². The average Bonchev–Trinajstić information content (AvgIpc) is 2.88. The second-order valence-electron chi connectivity index (χ2n) is 8.93. The maximum Gasteiger partial charge on any atom is 0.175 e. The van der Waals surface area contributed by atoms with Gasteiger partial charge in [-0.05, 0) is 74.7 Å².